The third-order valence-electron chi connectivity index (χ3n) is 5.58. The molecule has 1 heterocycles. The fourth-order valence-corrected chi connectivity index (χ4v) is 4.39. The third kappa shape index (κ3) is 4.91. The van der Waals surface area contributed by atoms with Crippen LogP contribution in [-0.2, 0) is 4.79 Å². The predicted molar refractivity (Wildman–Crippen MR) is 146 cm³/mol. The summed E-state index contributed by atoms with van der Waals surface area (Å²) in [5, 5.41) is 3.03. The summed E-state index contributed by atoms with van der Waals surface area (Å²) >= 11 is 11.9. The number of amides is 3. The Morgan fingerprint density at radius 1 is 0.778 bits per heavy atom. The second-order valence-corrected chi connectivity index (χ2v) is 8.76. The molecule has 4 aromatic carbocycles. The van der Waals surface area contributed by atoms with Crippen LogP contribution in [0.1, 0.15) is 5.56 Å². The summed E-state index contributed by atoms with van der Waals surface area (Å²) < 4.78 is 5.81. The molecule has 176 valence electrons. The van der Waals surface area contributed by atoms with Gasteiger partial charge in [-0.1, -0.05) is 84.5 Å². The number of nitrogens with one attached hydrogen (secondary N) is 1. The van der Waals surface area contributed by atoms with Gasteiger partial charge in [-0.25, -0.2) is 4.79 Å². The first-order valence-corrected chi connectivity index (χ1v) is 11.9. The zero-order chi connectivity index (χ0) is 25.1. The van der Waals surface area contributed by atoms with E-state index in [0.717, 1.165) is 16.7 Å². The molecule has 4 aromatic rings. The van der Waals surface area contributed by atoms with Crippen LogP contribution >= 0.6 is 23.8 Å². The summed E-state index contributed by atoms with van der Waals surface area (Å²) in [6, 6.07) is 30.9. The molecule has 36 heavy (non-hydrogen) atoms. The molecule has 0 atom stereocenters. The Hall–Kier alpha value is -4.26. The van der Waals surface area contributed by atoms with Crippen molar-refractivity contribution in [3.05, 3.63) is 119 Å². The minimum absolute atomic E-state index is 0.121. The quantitative estimate of drug-likeness (QED) is 0.226. The maximum atomic E-state index is 12.7. The van der Waals surface area contributed by atoms with Gasteiger partial charge >= 0.3 is 6.03 Å². The number of hydrogen-bond donors (Lipinski definition) is 1. The molecule has 1 aliphatic heterocycles. The smallest absolute Gasteiger partial charge is 0.334 e. The van der Waals surface area contributed by atoms with E-state index in [1.54, 1.807) is 30.3 Å². The fraction of sp³-hybridized carbons (Fsp3) is 0. The molecule has 0 saturated carbocycles. The highest BCUT2D eigenvalue weighted by molar-refractivity contribution is 7.81. The Morgan fingerprint density at radius 2 is 1.42 bits per heavy atom. The Balaban J connectivity index is 1.38. The molecule has 0 bridgehead atoms. The van der Waals surface area contributed by atoms with Crippen molar-refractivity contribution >= 4 is 52.5 Å². The zero-order valence-corrected chi connectivity index (χ0v) is 20.4. The van der Waals surface area contributed by atoms with Crippen LogP contribution in [0, 0.1) is 0 Å². The van der Waals surface area contributed by atoms with E-state index >= 15 is 0 Å². The summed E-state index contributed by atoms with van der Waals surface area (Å²) in [5.41, 5.74) is 3.37. The lowest BCUT2D eigenvalue weighted by molar-refractivity contribution is -0.116. The maximum Gasteiger partial charge on any atom is 0.334 e. The molecular weight excluding hydrogens is 492 g/mol. The summed E-state index contributed by atoms with van der Waals surface area (Å²) in [6.07, 6.45) is 1.67. The third-order valence-corrected chi connectivity index (χ3v) is 6.31. The van der Waals surface area contributed by atoms with Crippen molar-refractivity contribution in [2.24, 2.45) is 0 Å². The van der Waals surface area contributed by atoms with Crippen LogP contribution in [0.4, 0.5) is 10.5 Å². The van der Waals surface area contributed by atoms with Crippen molar-refractivity contribution in [2.45, 2.75) is 0 Å². The van der Waals surface area contributed by atoms with Gasteiger partial charge in [0.2, 0.25) is 0 Å². The highest BCUT2D eigenvalue weighted by Crippen LogP contribution is 2.30. The molecule has 0 unspecified atom stereocenters. The van der Waals surface area contributed by atoms with Gasteiger partial charge in [-0.3, -0.25) is 15.0 Å². The Morgan fingerprint density at radius 3 is 2.11 bits per heavy atom. The van der Waals surface area contributed by atoms with Crippen LogP contribution in [0.25, 0.3) is 17.2 Å². The first-order valence-electron chi connectivity index (χ1n) is 11.1. The van der Waals surface area contributed by atoms with Gasteiger partial charge in [-0.15, -0.1) is 0 Å². The fourth-order valence-electron chi connectivity index (χ4n) is 3.80. The topological polar surface area (TPSA) is 58.6 Å². The van der Waals surface area contributed by atoms with Gasteiger partial charge in [0.1, 0.15) is 16.5 Å². The van der Waals surface area contributed by atoms with Crippen molar-refractivity contribution in [1.29, 1.82) is 0 Å². The van der Waals surface area contributed by atoms with Gasteiger partial charge in [-0.2, -0.15) is 0 Å². The van der Waals surface area contributed by atoms with Crippen molar-refractivity contribution in [2.75, 3.05) is 4.90 Å². The summed E-state index contributed by atoms with van der Waals surface area (Å²) in [5.74, 6) is 0.770. The molecule has 0 spiro atoms. The van der Waals surface area contributed by atoms with Crippen LogP contribution in [0.5, 0.6) is 11.5 Å². The minimum atomic E-state index is -0.604. The number of benzene rings is 4. The van der Waals surface area contributed by atoms with Gasteiger partial charge in [0.25, 0.3) is 5.91 Å². The van der Waals surface area contributed by atoms with Crippen molar-refractivity contribution in [1.82, 2.24) is 5.32 Å². The largest absolute Gasteiger partial charge is 0.457 e. The van der Waals surface area contributed by atoms with Crippen molar-refractivity contribution < 1.29 is 14.3 Å². The lowest BCUT2D eigenvalue weighted by atomic mass is 10.0. The van der Waals surface area contributed by atoms with Gasteiger partial charge in [0.05, 0.1) is 11.3 Å². The zero-order valence-electron chi connectivity index (χ0n) is 18.9. The van der Waals surface area contributed by atoms with Gasteiger partial charge in [0.15, 0.2) is 0 Å². The van der Waals surface area contributed by atoms with Crippen LogP contribution < -0.4 is 15.0 Å². The minimum Gasteiger partial charge on any atom is -0.457 e. The summed E-state index contributed by atoms with van der Waals surface area (Å²) in [6.45, 7) is 0. The van der Waals surface area contributed by atoms with E-state index in [2.05, 4.69) is 5.32 Å². The number of rotatable bonds is 5. The molecular formula is C29H19ClN2O3S. The van der Waals surface area contributed by atoms with E-state index in [9.17, 15) is 9.59 Å². The molecule has 1 aliphatic rings. The SMILES string of the molecule is O=C1NC(=O)N(c2ccc(Oc3ccccc3)cc2)C(=S)C1=Cc1ccc(-c2ccccc2Cl)cc1. The average molecular weight is 511 g/mol. The number of thiocarbonyl (C=S) groups is 1. The standard InChI is InChI=1S/C29H19ClN2O3S/c30-26-9-5-4-8-24(26)20-12-10-19(11-13-20)18-25-27(33)31-29(34)32(28(25)36)21-14-16-23(17-15-21)35-22-6-2-1-3-7-22/h1-18H,(H,31,33,34). The molecule has 0 aliphatic carbocycles. The van der Waals surface area contributed by atoms with E-state index in [0.29, 0.717) is 22.2 Å². The first kappa shape index (κ1) is 23.5. The van der Waals surface area contributed by atoms with E-state index in [4.69, 9.17) is 28.6 Å². The number of halogens is 1. The van der Waals surface area contributed by atoms with E-state index in [1.165, 1.54) is 4.90 Å². The highest BCUT2D eigenvalue weighted by atomic mass is 35.5. The predicted octanol–water partition coefficient (Wildman–Crippen LogP) is 7.27. The average Bonchev–Trinajstić information content (AvgIpc) is 2.89. The van der Waals surface area contributed by atoms with Gasteiger partial charge < -0.3 is 4.74 Å². The Labute approximate surface area is 218 Å². The van der Waals surface area contributed by atoms with E-state index in [-0.39, 0.29) is 10.6 Å². The lowest BCUT2D eigenvalue weighted by Gasteiger charge is -2.29. The first-order chi connectivity index (χ1) is 17.5. The number of hydrogen-bond acceptors (Lipinski definition) is 4. The van der Waals surface area contributed by atoms with Gasteiger partial charge in [0, 0.05) is 10.6 Å². The maximum absolute atomic E-state index is 12.7. The molecule has 1 saturated heterocycles. The second-order valence-electron chi connectivity index (χ2n) is 7.97. The molecule has 1 N–H and O–H groups in total. The molecule has 5 rings (SSSR count). The number of carbonyl (C=O) groups is 2. The van der Waals surface area contributed by atoms with E-state index in [1.807, 2.05) is 78.9 Å². The van der Waals surface area contributed by atoms with Crippen LogP contribution in [-0.4, -0.2) is 16.9 Å². The number of ether oxygens (including phenoxy) is 1. The summed E-state index contributed by atoms with van der Waals surface area (Å²) in [4.78, 5) is 26.7. The number of para-hydroxylation sites is 1. The number of anilines is 1. The van der Waals surface area contributed by atoms with Crippen molar-refractivity contribution in [3.8, 4) is 22.6 Å². The second kappa shape index (κ2) is 10.2. The van der Waals surface area contributed by atoms with Crippen molar-refractivity contribution in [3.63, 3.8) is 0 Å². The van der Waals surface area contributed by atoms with Gasteiger partial charge in [-0.05, 0) is 59.7 Å². The van der Waals surface area contributed by atoms with E-state index < -0.39 is 11.9 Å². The van der Waals surface area contributed by atoms with Crippen LogP contribution in [0.15, 0.2) is 109 Å². The molecule has 1 fully saturated rings. The normalized spacial score (nSPS) is 14.6. The number of carbonyl (C=O) groups excluding carboxylic acids is 2. The number of nitrogens with zero attached hydrogens (tertiary/aromatic N) is 1. The Kier molecular flexibility index (Phi) is 6.62. The molecule has 0 aromatic heterocycles. The lowest BCUT2D eigenvalue weighted by Crippen LogP contribution is -2.53. The van der Waals surface area contributed by atoms with Crippen LogP contribution in [0.3, 0.4) is 0 Å². The summed E-state index contributed by atoms with van der Waals surface area (Å²) in [7, 11) is 0. The highest BCUT2D eigenvalue weighted by Gasteiger charge is 2.33. The molecule has 7 heteroatoms. The van der Waals surface area contributed by atoms with Crippen LogP contribution in [0.2, 0.25) is 5.02 Å². The monoisotopic (exact) mass is 510 g/mol. The molecule has 5 nitrogen and oxygen atoms in total. The Bertz CT molecular complexity index is 1480. The molecule has 3 amide bonds. The number of imide groups is 1. The number of urea groups is 1. The molecule has 0 radical (unpaired) electrons.